The maximum atomic E-state index is 12.4. The van der Waals surface area contributed by atoms with Crippen molar-refractivity contribution in [2.75, 3.05) is 12.4 Å². The molecule has 1 aliphatic carbocycles. The van der Waals surface area contributed by atoms with Gasteiger partial charge in [-0.1, -0.05) is 38.5 Å². The first-order valence-corrected chi connectivity index (χ1v) is 12.5. The number of carbonyl (C=O) groups excluding carboxylic acids is 1. The summed E-state index contributed by atoms with van der Waals surface area (Å²) in [5, 5.41) is 40.8. The molecule has 0 unspecified atom stereocenters. The minimum atomic E-state index is -2.71. The Hall–Kier alpha value is -2.63. The van der Waals surface area contributed by atoms with Crippen LogP contribution < -0.4 is 10.6 Å². The van der Waals surface area contributed by atoms with Crippen molar-refractivity contribution in [2.45, 2.75) is 64.4 Å². The van der Waals surface area contributed by atoms with Gasteiger partial charge < -0.3 is 25.7 Å². The smallest absolute Gasteiger partial charge is 0.342 e. The molecule has 1 aromatic carbocycles. The molecule has 35 heavy (non-hydrogen) atoms. The normalized spacial score (nSPS) is 14.2. The van der Waals surface area contributed by atoms with Gasteiger partial charge in [0, 0.05) is 23.4 Å². The van der Waals surface area contributed by atoms with Gasteiger partial charge in [-0.25, -0.2) is 10.3 Å². The summed E-state index contributed by atoms with van der Waals surface area (Å²) in [7, 11) is 1.21. The Labute approximate surface area is 209 Å². The van der Waals surface area contributed by atoms with Crippen LogP contribution in [0.3, 0.4) is 0 Å². The molecule has 1 amide bonds. The molecule has 3 rings (SSSR count). The summed E-state index contributed by atoms with van der Waals surface area (Å²) in [6, 6.07) is 7.54. The number of amides is 1. The highest BCUT2D eigenvalue weighted by molar-refractivity contribution is 7.10. The highest BCUT2D eigenvalue weighted by Crippen LogP contribution is 2.36. The molecule has 1 heterocycles. The molecule has 0 radical (unpaired) electrons. The lowest BCUT2D eigenvalue weighted by Crippen LogP contribution is -2.41. The fraction of sp³-hybridized carbons (Fsp3) is 0.480. The average Bonchev–Trinajstić information content (AvgIpc) is 3.23. The summed E-state index contributed by atoms with van der Waals surface area (Å²) in [5.74, 6) is -0.558. The predicted molar refractivity (Wildman–Crippen MR) is 136 cm³/mol. The second-order valence-electron chi connectivity index (χ2n) is 8.60. The third-order valence-corrected chi connectivity index (χ3v) is 7.12. The molecule has 0 saturated heterocycles. The topological polar surface area (TPSA) is 152 Å². The van der Waals surface area contributed by atoms with E-state index in [1.165, 1.54) is 32.0 Å². The van der Waals surface area contributed by atoms with Crippen molar-refractivity contribution in [2.24, 2.45) is 5.41 Å². The van der Waals surface area contributed by atoms with Crippen LogP contribution >= 0.6 is 11.3 Å². The Balaban J connectivity index is 0.000000641. The lowest BCUT2D eigenvalue weighted by molar-refractivity contribution is -0.328. The molecular weight excluding hydrogens is 470 g/mol. The van der Waals surface area contributed by atoms with E-state index in [0.29, 0.717) is 24.4 Å². The number of hydrogen-bond donors (Lipinski definition) is 6. The Morgan fingerprint density at radius 1 is 1.17 bits per heavy atom. The van der Waals surface area contributed by atoms with E-state index in [9.17, 15) is 14.7 Å². The maximum absolute atomic E-state index is 12.4. The molecule has 1 saturated carbocycles. The van der Waals surface area contributed by atoms with E-state index in [4.69, 9.17) is 20.3 Å². The molecule has 1 fully saturated rings. The van der Waals surface area contributed by atoms with Crippen molar-refractivity contribution in [3.05, 3.63) is 45.9 Å². The van der Waals surface area contributed by atoms with Crippen LogP contribution in [0, 0.1) is 5.41 Å². The number of nitrogens with one attached hydrogen (secondary N) is 2. The summed E-state index contributed by atoms with van der Waals surface area (Å²) < 4.78 is 0. The molecular formula is C25H35N3O6S. The van der Waals surface area contributed by atoms with Crippen molar-refractivity contribution in [1.29, 1.82) is 0 Å². The minimum absolute atomic E-state index is 0.0293. The molecule has 192 valence electrons. The van der Waals surface area contributed by atoms with E-state index in [-0.39, 0.29) is 12.3 Å². The Kier molecular flexibility index (Phi) is 10.5. The van der Waals surface area contributed by atoms with Crippen molar-refractivity contribution in [1.82, 2.24) is 10.3 Å². The number of rotatable bonds is 10. The number of hydrogen-bond acceptors (Lipinski definition) is 8. The number of aliphatic hydroxyl groups is 3. The molecule has 6 N–H and O–H groups in total. The van der Waals surface area contributed by atoms with Crippen LogP contribution in [0.2, 0.25) is 0 Å². The molecule has 0 bridgehead atoms. The van der Waals surface area contributed by atoms with Gasteiger partial charge in [0.05, 0.1) is 11.1 Å². The maximum Gasteiger partial charge on any atom is 0.342 e. The summed E-state index contributed by atoms with van der Waals surface area (Å²) in [6.07, 6.45) is 5.88. The lowest BCUT2D eigenvalue weighted by atomic mass is 9.79. The van der Waals surface area contributed by atoms with E-state index >= 15 is 0 Å². The molecule has 0 atom stereocenters. The summed E-state index contributed by atoms with van der Waals surface area (Å²) in [5.41, 5.74) is 1.82. The zero-order valence-electron chi connectivity index (χ0n) is 20.3. The number of benzene rings is 1. The van der Waals surface area contributed by atoms with E-state index in [2.05, 4.69) is 10.7 Å². The average molecular weight is 506 g/mol. The molecule has 2 aromatic rings. The summed E-state index contributed by atoms with van der Waals surface area (Å²) >= 11 is 1.65. The predicted octanol–water partition coefficient (Wildman–Crippen LogP) is 3.59. The van der Waals surface area contributed by atoms with Crippen LogP contribution in [0.4, 0.5) is 5.69 Å². The number of aromatic nitrogens is 1. The third kappa shape index (κ3) is 8.83. The number of carbonyl (C=O) groups is 2. The molecule has 9 nitrogen and oxygen atoms in total. The van der Waals surface area contributed by atoms with Gasteiger partial charge in [0.2, 0.25) is 5.91 Å². The van der Waals surface area contributed by atoms with Gasteiger partial charge in [-0.15, -0.1) is 11.3 Å². The Bertz CT molecular complexity index is 1010. The molecule has 0 aliphatic heterocycles. The number of anilines is 1. The van der Waals surface area contributed by atoms with Crippen LogP contribution in [0.25, 0.3) is 12.2 Å². The highest BCUT2D eigenvalue weighted by Gasteiger charge is 2.37. The van der Waals surface area contributed by atoms with Gasteiger partial charge in [0.15, 0.2) is 0 Å². The highest BCUT2D eigenvalue weighted by atomic mass is 32.1. The fourth-order valence-corrected chi connectivity index (χ4v) is 4.34. The zero-order chi connectivity index (χ0) is 26.1. The second-order valence-corrected chi connectivity index (χ2v) is 9.49. The molecule has 10 heteroatoms. The van der Waals surface area contributed by atoms with Crippen molar-refractivity contribution < 1.29 is 30.0 Å². The van der Waals surface area contributed by atoms with Gasteiger partial charge in [-0.3, -0.25) is 9.59 Å². The standard InChI is InChI=1S/C23H28N2O3S.C2H7NO3/c1-3-23(4-2,22(27)28)14-20(26)24-18-10-5-7-16(13-18)11-12-21-25-19(15-29-21)17-8-6-9-17;1-3-2(4,5)6/h5,7,10-13,15,17H,3-4,6,8-9,14H2,1-2H3,(H,24,26)(H,27,28);3-6H,1H3. The number of carboxylic acids is 1. The quantitative estimate of drug-likeness (QED) is 0.268. The molecule has 0 spiro atoms. The number of nitrogens with zero attached hydrogens (tertiary/aromatic N) is 1. The largest absolute Gasteiger partial charge is 0.481 e. The lowest BCUT2D eigenvalue weighted by Gasteiger charge is -2.25. The van der Waals surface area contributed by atoms with Crippen LogP contribution in [0.15, 0.2) is 29.6 Å². The van der Waals surface area contributed by atoms with Gasteiger partial charge in [-0.05, 0) is 56.5 Å². The van der Waals surface area contributed by atoms with Crippen LogP contribution in [-0.2, 0) is 9.59 Å². The fourth-order valence-electron chi connectivity index (χ4n) is 3.55. The number of thiazole rings is 1. The Morgan fingerprint density at radius 3 is 2.34 bits per heavy atom. The van der Waals surface area contributed by atoms with Crippen molar-refractivity contribution >= 4 is 41.1 Å². The number of aliphatic carboxylic acids is 1. The van der Waals surface area contributed by atoms with Gasteiger partial charge in [0.1, 0.15) is 5.01 Å². The van der Waals surface area contributed by atoms with E-state index < -0.39 is 17.5 Å². The van der Waals surface area contributed by atoms with Gasteiger partial charge in [-0.2, -0.15) is 0 Å². The summed E-state index contributed by atoms with van der Waals surface area (Å²) in [6.45, 7) is 3.62. The first-order chi connectivity index (χ1) is 16.5. The summed E-state index contributed by atoms with van der Waals surface area (Å²) in [4.78, 5) is 28.8. The van der Waals surface area contributed by atoms with E-state index in [1.807, 2.05) is 50.3 Å². The Morgan fingerprint density at radius 2 is 1.83 bits per heavy atom. The van der Waals surface area contributed by atoms with Crippen LogP contribution in [0.1, 0.15) is 74.6 Å². The minimum Gasteiger partial charge on any atom is -0.481 e. The third-order valence-electron chi connectivity index (χ3n) is 6.29. The number of carboxylic acid groups (broad SMARTS) is 1. The van der Waals surface area contributed by atoms with E-state index in [1.54, 1.807) is 16.7 Å². The van der Waals surface area contributed by atoms with Gasteiger partial charge >= 0.3 is 12.1 Å². The zero-order valence-corrected chi connectivity index (χ0v) is 21.1. The first kappa shape index (κ1) is 28.6. The van der Waals surface area contributed by atoms with Gasteiger partial charge in [0.25, 0.3) is 0 Å². The monoisotopic (exact) mass is 505 g/mol. The SMILES string of the molecule is CCC(CC)(CC(=O)Nc1cccc(C=Cc2nc(C3CCC3)cs2)c1)C(=O)O.CNC(O)(O)O. The van der Waals surface area contributed by atoms with E-state index in [0.717, 1.165) is 10.6 Å². The molecule has 1 aromatic heterocycles. The molecule has 1 aliphatic rings. The van der Waals surface area contributed by atoms with Crippen LogP contribution in [0.5, 0.6) is 0 Å². The van der Waals surface area contributed by atoms with Crippen molar-refractivity contribution in [3.63, 3.8) is 0 Å². The first-order valence-electron chi connectivity index (χ1n) is 11.6. The van der Waals surface area contributed by atoms with Crippen LogP contribution in [-0.4, -0.2) is 50.4 Å². The van der Waals surface area contributed by atoms with Crippen molar-refractivity contribution in [3.8, 4) is 0 Å². The second kappa shape index (κ2) is 12.9.